The van der Waals surface area contributed by atoms with Crippen molar-refractivity contribution in [1.29, 1.82) is 0 Å². The molecular weight excluding hydrogens is 653 g/mol. The predicted molar refractivity (Wildman–Crippen MR) is 226 cm³/mol. The van der Waals surface area contributed by atoms with Crippen LogP contribution in [0, 0.1) is 0 Å². The van der Waals surface area contributed by atoms with Crippen molar-refractivity contribution in [3.8, 4) is 22.3 Å². The van der Waals surface area contributed by atoms with Gasteiger partial charge in [-0.1, -0.05) is 176 Å². The largest absolute Gasteiger partial charge is 0.293 e. The predicted octanol–water partition coefficient (Wildman–Crippen LogP) is 12.7. The topological polar surface area (TPSA) is 6.48 Å². The molecule has 258 valence electrons. The smallest absolute Gasteiger partial charge is 0.0482 e. The van der Waals surface area contributed by atoms with Crippen molar-refractivity contribution >= 4 is 43.1 Å². The van der Waals surface area contributed by atoms with Crippen LogP contribution in [0.3, 0.4) is 0 Å². The van der Waals surface area contributed by atoms with Crippen LogP contribution in [-0.2, 0) is 26.2 Å². The summed E-state index contributed by atoms with van der Waals surface area (Å²) in [5.74, 6) is 0. The van der Waals surface area contributed by atoms with Gasteiger partial charge in [0.2, 0.25) is 0 Å². The molecule has 0 radical (unpaired) electrons. The summed E-state index contributed by atoms with van der Waals surface area (Å²) >= 11 is 0. The van der Waals surface area contributed by atoms with E-state index in [1.165, 1.54) is 93.2 Å². The van der Waals surface area contributed by atoms with Gasteiger partial charge in [0.1, 0.15) is 0 Å². The lowest BCUT2D eigenvalue weighted by Crippen LogP contribution is -2.37. The van der Waals surface area contributed by atoms with Gasteiger partial charge in [0.25, 0.3) is 0 Å². The van der Waals surface area contributed by atoms with E-state index in [1.54, 1.807) is 0 Å². The van der Waals surface area contributed by atoms with Gasteiger partial charge in [-0.05, 0) is 93.2 Å². The highest BCUT2D eigenvalue weighted by molar-refractivity contribution is 6.09. The fraction of sp³-hybridized carbons (Fsp3) is 0.115. The van der Waals surface area contributed by atoms with Gasteiger partial charge < -0.3 is 0 Å². The van der Waals surface area contributed by atoms with E-state index in [0.29, 0.717) is 0 Å². The Morgan fingerprint density at radius 1 is 0.333 bits per heavy atom. The maximum Gasteiger partial charge on any atom is 0.0482 e. The second kappa shape index (κ2) is 12.8. The van der Waals surface area contributed by atoms with Crippen molar-refractivity contribution in [2.24, 2.45) is 0 Å². The standard InChI is InChI=1S/C52H40N2/c1-2-16-39(17-3-1)48(54-32-42-28-24-37-14-6-10-20-46(37)51(42)52-43(33-54)29-25-38-15-7-11-21-47(38)52)34-53-30-40-26-22-35-12-4-8-18-44(35)49(40)50-41(31-53)27-23-36-13-5-9-19-45(36)50/h1-29,48H,30-34H2. The second-order valence-corrected chi connectivity index (χ2v) is 15.3. The Balaban J connectivity index is 1.07. The van der Waals surface area contributed by atoms with E-state index >= 15 is 0 Å². The quantitative estimate of drug-likeness (QED) is 0.181. The lowest BCUT2D eigenvalue weighted by atomic mass is 9.88. The zero-order chi connectivity index (χ0) is 35.6. The zero-order valence-corrected chi connectivity index (χ0v) is 30.3. The number of benzene rings is 9. The lowest BCUT2D eigenvalue weighted by Gasteiger charge is -2.35. The van der Waals surface area contributed by atoms with E-state index in [1.807, 2.05) is 0 Å². The second-order valence-electron chi connectivity index (χ2n) is 15.3. The molecule has 2 aliphatic heterocycles. The summed E-state index contributed by atoms with van der Waals surface area (Å²) in [5, 5.41) is 10.6. The van der Waals surface area contributed by atoms with E-state index in [0.717, 1.165) is 32.7 Å². The molecule has 2 heteroatoms. The fourth-order valence-corrected chi connectivity index (χ4v) is 9.71. The molecule has 1 unspecified atom stereocenters. The van der Waals surface area contributed by atoms with E-state index in [-0.39, 0.29) is 6.04 Å². The highest BCUT2D eigenvalue weighted by Gasteiger charge is 2.31. The van der Waals surface area contributed by atoms with Crippen molar-refractivity contribution in [2.45, 2.75) is 32.2 Å². The van der Waals surface area contributed by atoms with E-state index in [2.05, 4.69) is 186 Å². The molecule has 2 heterocycles. The van der Waals surface area contributed by atoms with Crippen LogP contribution in [-0.4, -0.2) is 16.3 Å². The van der Waals surface area contributed by atoms with Gasteiger partial charge in [0, 0.05) is 38.8 Å². The first-order chi connectivity index (χ1) is 26.8. The summed E-state index contributed by atoms with van der Waals surface area (Å²) in [6.45, 7) is 4.44. The SMILES string of the molecule is c1ccc(C(CN2Cc3ccc4ccccc4c3-c3c(ccc4ccccc34)C2)N2Cc3ccc4ccccc4c3-c3c(ccc4ccccc34)C2)cc1. The molecule has 0 fully saturated rings. The molecule has 0 aliphatic carbocycles. The number of hydrogen-bond donors (Lipinski definition) is 0. The Kier molecular flexibility index (Phi) is 7.46. The number of rotatable bonds is 4. The molecule has 0 aromatic heterocycles. The molecule has 0 bridgehead atoms. The third-order valence-corrected chi connectivity index (χ3v) is 12.2. The summed E-state index contributed by atoms with van der Waals surface area (Å²) < 4.78 is 0. The van der Waals surface area contributed by atoms with Gasteiger partial charge in [0.15, 0.2) is 0 Å². The van der Waals surface area contributed by atoms with Gasteiger partial charge in [-0.2, -0.15) is 0 Å². The molecule has 0 saturated heterocycles. The van der Waals surface area contributed by atoms with Crippen molar-refractivity contribution in [2.75, 3.05) is 6.54 Å². The average molecular weight is 693 g/mol. The molecule has 0 amide bonds. The monoisotopic (exact) mass is 692 g/mol. The Labute approximate surface area is 316 Å². The van der Waals surface area contributed by atoms with Crippen LogP contribution in [0.25, 0.3) is 65.3 Å². The molecule has 0 spiro atoms. The lowest BCUT2D eigenvalue weighted by molar-refractivity contribution is 0.118. The van der Waals surface area contributed by atoms with Crippen LogP contribution >= 0.6 is 0 Å². The van der Waals surface area contributed by atoms with Crippen LogP contribution in [0.5, 0.6) is 0 Å². The van der Waals surface area contributed by atoms with Crippen LogP contribution in [0.2, 0.25) is 0 Å². The third kappa shape index (κ3) is 5.17. The average Bonchev–Trinajstić information content (AvgIpc) is 3.51. The first-order valence-corrected chi connectivity index (χ1v) is 19.3. The summed E-state index contributed by atoms with van der Waals surface area (Å²) in [5.41, 5.74) is 12.6. The number of nitrogens with zero attached hydrogens (tertiary/aromatic N) is 2. The third-order valence-electron chi connectivity index (χ3n) is 12.2. The van der Waals surface area contributed by atoms with Crippen LogP contribution in [0.1, 0.15) is 33.9 Å². The van der Waals surface area contributed by atoms with Crippen LogP contribution in [0.4, 0.5) is 0 Å². The molecule has 0 saturated carbocycles. The minimum absolute atomic E-state index is 0.175. The Hall–Kier alpha value is -6.06. The van der Waals surface area contributed by atoms with Gasteiger partial charge in [0.05, 0.1) is 0 Å². The first kappa shape index (κ1) is 31.5. The van der Waals surface area contributed by atoms with Crippen molar-refractivity contribution < 1.29 is 0 Å². The van der Waals surface area contributed by atoms with E-state index in [9.17, 15) is 0 Å². The summed E-state index contributed by atoms with van der Waals surface area (Å²) in [6, 6.07) is 66.1. The molecule has 9 aromatic rings. The molecule has 11 rings (SSSR count). The van der Waals surface area contributed by atoms with E-state index < -0.39 is 0 Å². The maximum absolute atomic E-state index is 2.76. The van der Waals surface area contributed by atoms with Gasteiger partial charge >= 0.3 is 0 Å². The van der Waals surface area contributed by atoms with Crippen molar-refractivity contribution in [3.05, 3.63) is 204 Å². The number of fused-ring (bicyclic) bond motifs is 14. The maximum atomic E-state index is 2.76. The first-order valence-electron chi connectivity index (χ1n) is 19.3. The highest BCUT2D eigenvalue weighted by Crippen LogP contribution is 2.45. The summed E-state index contributed by atoms with van der Waals surface area (Å²) in [4.78, 5) is 5.48. The van der Waals surface area contributed by atoms with Gasteiger partial charge in [-0.15, -0.1) is 0 Å². The molecule has 2 aliphatic rings. The summed E-state index contributed by atoms with van der Waals surface area (Å²) in [7, 11) is 0. The highest BCUT2D eigenvalue weighted by atomic mass is 15.2. The molecule has 54 heavy (non-hydrogen) atoms. The minimum atomic E-state index is 0.175. The molecule has 1 atom stereocenters. The fourth-order valence-electron chi connectivity index (χ4n) is 9.71. The van der Waals surface area contributed by atoms with Crippen LogP contribution < -0.4 is 0 Å². The van der Waals surface area contributed by atoms with Crippen molar-refractivity contribution in [1.82, 2.24) is 9.80 Å². The van der Waals surface area contributed by atoms with Gasteiger partial charge in [-0.3, -0.25) is 9.80 Å². The normalized spacial score (nSPS) is 15.0. The molecule has 2 nitrogen and oxygen atoms in total. The number of hydrogen-bond acceptors (Lipinski definition) is 2. The van der Waals surface area contributed by atoms with Gasteiger partial charge in [-0.25, -0.2) is 0 Å². The molecular formula is C52H40N2. The van der Waals surface area contributed by atoms with Crippen LogP contribution in [0.15, 0.2) is 176 Å². The summed E-state index contributed by atoms with van der Waals surface area (Å²) in [6.07, 6.45) is 0. The Morgan fingerprint density at radius 2 is 0.667 bits per heavy atom. The minimum Gasteiger partial charge on any atom is -0.293 e. The van der Waals surface area contributed by atoms with E-state index in [4.69, 9.17) is 0 Å². The molecule has 0 N–H and O–H groups in total. The Bertz CT molecular complexity index is 2720. The molecule has 9 aromatic carbocycles. The zero-order valence-electron chi connectivity index (χ0n) is 30.3. The Morgan fingerprint density at radius 3 is 1.06 bits per heavy atom. The van der Waals surface area contributed by atoms with Crippen molar-refractivity contribution in [3.63, 3.8) is 0 Å².